The van der Waals surface area contributed by atoms with Crippen molar-refractivity contribution in [2.24, 2.45) is 5.92 Å². The third-order valence-corrected chi connectivity index (χ3v) is 7.19. The number of esters is 2. The van der Waals surface area contributed by atoms with E-state index in [0.717, 1.165) is 39.7 Å². The average molecular weight is 555 g/mol. The highest BCUT2D eigenvalue weighted by atomic mass is 19.1. The molecule has 1 aliphatic carbocycles. The van der Waals surface area contributed by atoms with Gasteiger partial charge in [0.25, 0.3) is 0 Å². The summed E-state index contributed by atoms with van der Waals surface area (Å²) in [5.41, 5.74) is -1.82. The van der Waals surface area contributed by atoms with Crippen molar-refractivity contribution in [2.45, 2.75) is 84.1 Å². The first-order valence-corrected chi connectivity index (χ1v) is 13.3. The number of methoxy groups -OCH3 is 2. The number of carbonyl (C=O) groups is 3. The van der Waals surface area contributed by atoms with Crippen LogP contribution in [0.4, 0.5) is 13.6 Å². The zero-order valence-corrected chi connectivity index (χ0v) is 23.8. The summed E-state index contributed by atoms with van der Waals surface area (Å²) in [4.78, 5) is 40.6. The van der Waals surface area contributed by atoms with Gasteiger partial charge in [-0.1, -0.05) is 0 Å². The van der Waals surface area contributed by atoms with E-state index in [1.165, 1.54) is 0 Å². The number of hydrogen-bond acceptors (Lipinski definition) is 8. The number of carbonyl (C=O) groups excluding carboxylic acids is 3. The van der Waals surface area contributed by atoms with Gasteiger partial charge in [0.15, 0.2) is 17.4 Å². The van der Waals surface area contributed by atoms with Gasteiger partial charge < -0.3 is 23.8 Å². The number of nitrogens with zero attached hydrogens (tertiary/aromatic N) is 2. The van der Waals surface area contributed by atoms with Crippen molar-refractivity contribution >= 4 is 18.0 Å². The minimum Gasteiger partial charge on any atom is -0.484 e. The van der Waals surface area contributed by atoms with E-state index >= 15 is 4.39 Å². The second kappa shape index (κ2) is 12.5. The Hall–Kier alpha value is -2.95. The molecule has 1 aromatic carbocycles. The van der Waals surface area contributed by atoms with Gasteiger partial charge >= 0.3 is 18.0 Å². The zero-order valence-electron chi connectivity index (χ0n) is 23.8. The predicted octanol–water partition coefficient (Wildman–Crippen LogP) is 4.81. The Morgan fingerprint density at radius 3 is 2.15 bits per heavy atom. The first kappa shape index (κ1) is 30.6. The molecule has 2 aliphatic rings. The van der Waals surface area contributed by atoms with Gasteiger partial charge in [0.1, 0.15) is 17.3 Å². The molecule has 1 aromatic rings. The largest absolute Gasteiger partial charge is 0.484 e. The van der Waals surface area contributed by atoms with Crippen molar-refractivity contribution in [3.05, 3.63) is 28.8 Å². The van der Waals surface area contributed by atoms with Gasteiger partial charge in [-0.3, -0.25) is 4.90 Å². The van der Waals surface area contributed by atoms with Gasteiger partial charge in [-0.05, 0) is 59.4 Å². The van der Waals surface area contributed by atoms with Crippen molar-refractivity contribution in [1.82, 2.24) is 9.80 Å². The minimum absolute atomic E-state index is 0.166. The molecule has 0 unspecified atom stereocenters. The normalized spacial score (nSPS) is 20.0. The lowest BCUT2D eigenvalue weighted by Crippen LogP contribution is -2.54. The van der Waals surface area contributed by atoms with E-state index in [1.807, 2.05) is 20.8 Å². The smallest absolute Gasteiger partial charge is 0.410 e. The second-order valence-electron chi connectivity index (χ2n) is 11.5. The molecule has 39 heavy (non-hydrogen) atoms. The van der Waals surface area contributed by atoms with Crippen LogP contribution in [0.15, 0.2) is 6.07 Å². The van der Waals surface area contributed by atoms with Crippen LogP contribution in [0.1, 0.15) is 81.0 Å². The Balaban J connectivity index is 1.61. The highest BCUT2D eigenvalue weighted by Gasteiger charge is 2.39. The van der Waals surface area contributed by atoms with Crippen molar-refractivity contribution < 1.29 is 42.1 Å². The molecule has 9 nitrogen and oxygen atoms in total. The average Bonchev–Trinajstić information content (AvgIpc) is 2.84. The van der Waals surface area contributed by atoms with E-state index in [9.17, 15) is 18.8 Å². The summed E-state index contributed by atoms with van der Waals surface area (Å²) in [6.07, 6.45) is 2.11. The Kier molecular flexibility index (Phi) is 9.79. The van der Waals surface area contributed by atoms with Crippen LogP contribution in [0.25, 0.3) is 0 Å². The molecule has 0 atom stereocenters. The van der Waals surface area contributed by atoms with Crippen molar-refractivity contribution in [3.8, 4) is 5.75 Å². The highest BCUT2D eigenvalue weighted by molar-refractivity contribution is 6.03. The Labute approximate surface area is 228 Å². The van der Waals surface area contributed by atoms with Crippen LogP contribution in [-0.4, -0.2) is 85.5 Å². The number of rotatable bonds is 8. The summed E-state index contributed by atoms with van der Waals surface area (Å²) in [5, 5.41) is 0. The van der Waals surface area contributed by atoms with E-state index in [4.69, 9.17) is 9.47 Å². The second-order valence-corrected chi connectivity index (χ2v) is 11.5. The molecule has 1 amide bonds. The molecule has 218 valence electrons. The number of amides is 1. The molecule has 1 saturated heterocycles. The predicted molar refractivity (Wildman–Crippen MR) is 139 cm³/mol. The van der Waals surface area contributed by atoms with Crippen molar-refractivity contribution in [3.63, 3.8) is 0 Å². The van der Waals surface area contributed by atoms with Crippen LogP contribution in [0, 0.1) is 17.6 Å². The number of piperidine rings is 1. The topological polar surface area (TPSA) is 94.6 Å². The number of ether oxygens (including phenoxy) is 4. The van der Waals surface area contributed by atoms with Gasteiger partial charge in [0.2, 0.25) is 0 Å². The summed E-state index contributed by atoms with van der Waals surface area (Å²) in [6.45, 7) is 11.9. The van der Waals surface area contributed by atoms with Crippen molar-refractivity contribution in [2.75, 3.05) is 33.9 Å². The molecule has 0 aromatic heterocycles. The van der Waals surface area contributed by atoms with E-state index < -0.39 is 52.2 Å². The fourth-order valence-corrected chi connectivity index (χ4v) is 5.06. The van der Waals surface area contributed by atoms with Crippen LogP contribution in [-0.2, 0) is 14.2 Å². The molecule has 0 spiro atoms. The van der Waals surface area contributed by atoms with Gasteiger partial charge in [0, 0.05) is 44.6 Å². The van der Waals surface area contributed by atoms with Crippen LogP contribution in [0.2, 0.25) is 0 Å². The monoisotopic (exact) mass is 554 g/mol. The van der Waals surface area contributed by atoms with Crippen LogP contribution >= 0.6 is 0 Å². The fraction of sp³-hybridized carbons (Fsp3) is 0.679. The van der Waals surface area contributed by atoms with Crippen LogP contribution in [0.5, 0.6) is 5.75 Å². The molecule has 0 radical (unpaired) electrons. The first-order valence-electron chi connectivity index (χ1n) is 13.3. The quantitative estimate of drug-likeness (QED) is 0.334. The fourth-order valence-electron chi connectivity index (χ4n) is 5.06. The first-order chi connectivity index (χ1) is 18.2. The molecular formula is C28H40F2N2O7. The van der Waals surface area contributed by atoms with Gasteiger partial charge in [-0.25, -0.2) is 23.2 Å². The Morgan fingerprint density at radius 2 is 1.64 bits per heavy atom. The van der Waals surface area contributed by atoms with E-state index in [2.05, 4.69) is 28.2 Å². The molecule has 1 heterocycles. The molecule has 11 heteroatoms. The summed E-state index contributed by atoms with van der Waals surface area (Å²) < 4.78 is 50.2. The maximum absolute atomic E-state index is 15.2. The third-order valence-electron chi connectivity index (χ3n) is 7.19. The Bertz CT molecular complexity index is 1060. The SMILES string of the molecule is COC(=O)c1cc(F)c(OC2CC(N(CC3CCN(C(=O)OC(C)(C)C)CC3)C(C)C)C2)c(F)c1C(=O)OC. The molecule has 0 bridgehead atoms. The minimum atomic E-state index is -1.29. The van der Waals surface area contributed by atoms with E-state index in [0.29, 0.717) is 31.8 Å². The third kappa shape index (κ3) is 7.38. The molecular weight excluding hydrogens is 514 g/mol. The molecule has 2 fully saturated rings. The van der Waals surface area contributed by atoms with E-state index in [-0.39, 0.29) is 18.2 Å². The van der Waals surface area contributed by atoms with Crippen LogP contribution in [0.3, 0.4) is 0 Å². The van der Waals surface area contributed by atoms with Gasteiger partial charge in [-0.15, -0.1) is 0 Å². The lowest BCUT2D eigenvalue weighted by molar-refractivity contribution is -0.0158. The van der Waals surface area contributed by atoms with E-state index in [1.54, 1.807) is 4.90 Å². The number of likely N-dealkylation sites (tertiary alicyclic amines) is 1. The highest BCUT2D eigenvalue weighted by Crippen LogP contribution is 2.36. The van der Waals surface area contributed by atoms with Crippen LogP contribution < -0.4 is 4.74 Å². The summed E-state index contributed by atoms with van der Waals surface area (Å²) in [7, 11) is 2.08. The zero-order chi connectivity index (χ0) is 29.1. The molecule has 1 saturated carbocycles. The molecule has 0 N–H and O–H groups in total. The van der Waals surface area contributed by atoms with Crippen molar-refractivity contribution in [1.29, 1.82) is 0 Å². The maximum atomic E-state index is 15.2. The standard InChI is InChI=1S/C28H40F2N2O7/c1-16(2)32(15-17-8-10-31(11-9-17)27(35)39-28(3,4)5)18-12-19(13-18)38-24-21(29)14-20(25(33)36-6)22(23(24)30)26(34)37-7/h14,16-19H,8-13,15H2,1-7H3. The Morgan fingerprint density at radius 1 is 1.05 bits per heavy atom. The number of hydrogen-bond donors (Lipinski definition) is 0. The van der Waals surface area contributed by atoms with Gasteiger partial charge in [0.05, 0.1) is 19.8 Å². The lowest BCUT2D eigenvalue weighted by atomic mass is 9.85. The summed E-state index contributed by atoms with van der Waals surface area (Å²) in [6, 6.07) is 1.15. The number of halogens is 2. The molecule has 3 rings (SSSR count). The molecule has 1 aliphatic heterocycles. The number of benzene rings is 1. The maximum Gasteiger partial charge on any atom is 0.410 e. The summed E-state index contributed by atoms with van der Waals surface area (Å²) >= 11 is 0. The van der Waals surface area contributed by atoms with Gasteiger partial charge in [-0.2, -0.15) is 0 Å². The lowest BCUT2D eigenvalue weighted by Gasteiger charge is -2.46. The summed E-state index contributed by atoms with van der Waals surface area (Å²) in [5.74, 6) is -4.88.